The Labute approximate surface area is 138 Å². The lowest BCUT2D eigenvalue weighted by Gasteiger charge is -2.28. The van der Waals surface area contributed by atoms with E-state index in [9.17, 15) is 9.59 Å². The molecule has 3 rings (SSSR count). The van der Waals surface area contributed by atoms with Gasteiger partial charge in [0.25, 0.3) is 0 Å². The zero-order valence-corrected chi connectivity index (χ0v) is 14.3. The van der Waals surface area contributed by atoms with Crippen LogP contribution in [0.4, 0.5) is 0 Å². The summed E-state index contributed by atoms with van der Waals surface area (Å²) in [5.41, 5.74) is 0. The van der Waals surface area contributed by atoms with E-state index in [1.807, 2.05) is 9.80 Å². The van der Waals surface area contributed by atoms with E-state index in [-0.39, 0.29) is 17.9 Å². The van der Waals surface area contributed by atoms with E-state index in [1.54, 1.807) is 11.8 Å². The number of hydrogen-bond acceptors (Lipinski definition) is 3. The molecule has 0 bridgehead atoms. The maximum absolute atomic E-state index is 12.6. The van der Waals surface area contributed by atoms with Crippen LogP contribution in [0.3, 0.4) is 0 Å². The Morgan fingerprint density at radius 1 is 1.00 bits per heavy atom. The molecule has 0 radical (unpaired) electrons. The van der Waals surface area contributed by atoms with Crippen molar-refractivity contribution in [2.45, 2.75) is 63.8 Å². The molecule has 1 aliphatic carbocycles. The monoisotopic (exact) mass is 324 g/mol. The summed E-state index contributed by atoms with van der Waals surface area (Å²) in [4.78, 5) is 29.0. The van der Waals surface area contributed by atoms with E-state index in [2.05, 4.69) is 0 Å². The van der Waals surface area contributed by atoms with E-state index < -0.39 is 0 Å². The Balaban J connectivity index is 1.50. The summed E-state index contributed by atoms with van der Waals surface area (Å²) in [5.74, 6) is 2.61. The van der Waals surface area contributed by atoms with Gasteiger partial charge in [-0.25, -0.2) is 0 Å². The van der Waals surface area contributed by atoms with E-state index in [1.165, 1.54) is 32.1 Å². The van der Waals surface area contributed by atoms with Gasteiger partial charge >= 0.3 is 0 Å². The zero-order valence-electron chi connectivity index (χ0n) is 13.5. The molecule has 1 saturated carbocycles. The van der Waals surface area contributed by atoms with Crippen LogP contribution in [0.2, 0.25) is 0 Å². The fourth-order valence-corrected chi connectivity index (χ4v) is 5.16. The van der Waals surface area contributed by atoms with Crippen molar-refractivity contribution in [2.75, 3.05) is 24.7 Å². The quantitative estimate of drug-likeness (QED) is 0.798. The first-order valence-corrected chi connectivity index (χ1v) is 10.1. The Hall–Kier alpha value is -0.710. The third-order valence-corrected chi connectivity index (χ3v) is 6.41. The van der Waals surface area contributed by atoms with Crippen molar-refractivity contribution in [3.05, 3.63) is 0 Å². The number of likely N-dealkylation sites (tertiary alicyclic amines) is 1. The number of amides is 2. The first-order valence-electron chi connectivity index (χ1n) is 8.91. The molecule has 5 heteroatoms. The maximum Gasteiger partial charge on any atom is 0.246 e. The highest BCUT2D eigenvalue weighted by Gasteiger charge is 2.37. The lowest BCUT2D eigenvalue weighted by atomic mass is 9.86. The molecule has 124 valence electrons. The summed E-state index contributed by atoms with van der Waals surface area (Å²) in [6.07, 6.45) is 10.5. The summed E-state index contributed by atoms with van der Waals surface area (Å²) < 4.78 is 0. The molecule has 0 unspecified atom stereocenters. The summed E-state index contributed by atoms with van der Waals surface area (Å²) in [7, 11) is 0. The highest BCUT2D eigenvalue weighted by atomic mass is 32.2. The highest BCUT2D eigenvalue weighted by molar-refractivity contribution is 7.99. The molecule has 2 amide bonds. The number of rotatable bonds is 4. The first kappa shape index (κ1) is 16.2. The number of carbonyl (C=O) groups is 2. The smallest absolute Gasteiger partial charge is 0.246 e. The van der Waals surface area contributed by atoms with Crippen LogP contribution >= 0.6 is 11.8 Å². The van der Waals surface area contributed by atoms with Gasteiger partial charge in [-0.2, -0.15) is 0 Å². The Morgan fingerprint density at radius 2 is 1.73 bits per heavy atom. The molecule has 2 heterocycles. The normalized spacial score (nSPS) is 26.6. The molecule has 0 N–H and O–H groups in total. The zero-order chi connectivity index (χ0) is 15.4. The van der Waals surface area contributed by atoms with Gasteiger partial charge in [0.2, 0.25) is 11.8 Å². The van der Waals surface area contributed by atoms with Crippen LogP contribution in [0.25, 0.3) is 0 Å². The summed E-state index contributed by atoms with van der Waals surface area (Å²) in [5, 5.41) is 0. The lowest BCUT2D eigenvalue weighted by Crippen LogP contribution is -2.48. The second-order valence-electron chi connectivity index (χ2n) is 6.95. The molecule has 3 fully saturated rings. The topological polar surface area (TPSA) is 40.6 Å². The van der Waals surface area contributed by atoms with Crippen LogP contribution in [-0.4, -0.2) is 52.4 Å². The average Bonchev–Trinajstić information content (AvgIpc) is 3.24. The number of carbonyl (C=O) groups excluding carboxylic acids is 2. The highest BCUT2D eigenvalue weighted by Crippen LogP contribution is 2.29. The standard InChI is InChI=1S/C17H28N2O2S/c20-16(9-8-14-6-2-1-3-7-14)19-13-22-12-15(19)17(21)18-10-4-5-11-18/h14-15H,1-13H2/t15-/m1/s1. The van der Waals surface area contributed by atoms with Crippen molar-refractivity contribution in [2.24, 2.45) is 5.92 Å². The van der Waals surface area contributed by atoms with Gasteiger partial charge in [0, 0.05) is 25.3 Å². The van der Waals surface area contributed by atoms with Crippen molar-refractivity contribution in [1.29, 1.82) is 0 Å². The third-order valence-electron chi connectivity index (χ3n) is 5.40. The first-order chi connectivity index (χ1) is 10.8. The summed E-state index contributed by atoms with van der Waals surface area (Å²) in [6.45, 7) is 1.76. The summed E-state index contributed by atoms with van der Waals surface area (Å²) in [6, 6.07) is -0.193. The largest absolute Gasteiger partial charge is 0.341 e. The van der Waals surface area contributed by atoms with Crippen LogP contribution < -0.4 is 0 Å². The van der Waals surface area contributed by atoms with Crippen molar-refractivity contribution in [3.8, 4) is 0 Å². The fraction of sp³-hybridized carbons (Fsp3) is 0.882. The minimum Gasteiger partial charge on any atom is -0.341 e. The molecule has 0 aromatic heterocycles. The van der Waals surface area contributed by atoms with Crippen LogP contribution in [-0.2, 0) is 9.59 Å². The van der Waals surface area contributed by atoms with E-state index >= 15 is 0 Å². The maximum atomic E-state index is 12.6. The van der Waals surface area contributed by atoms with Crippen molar-refractivity contribution in [3.63, 3.8) is 0 Å². The molecule has 2 saturated heterocycles. The molecular formula is C17H28N2O2S. The molecule has 2 aliphatic heterocycles. The average molecular weight is 324 g/mol. The molecule has 0 aromatic carbocycles. The molecule has 1 atom stereocenters. The van der Waals surface area contributed by atoms with Gasteiger partial charge in [-0.15, -0.1) is 11.8 Å². The van der Waals surface area contributed by atoms with E-state index in [4.69, 9.17) is 0 Å². The molecule has 0 aromatic rings. The Kier molecular flexibility index (Phi) is 5.66. The number of thioether (sulfide) groups is 1. The number of nitrogens with zero attached hydrogens (tertiary/aromatic N) is 2. The van der Waals surface area contributed by atoms with Gasteiger partial charge in [-0.3, -0.25) is 9.59 Å². The fourth-order valence-electron chi connectivity index (χ4n) is 3.99. The van der Waals surface area contributed by atoms with Gasteiger partial charge in [0.1, 0.15) is 6.04 Å². The van der Waals surface area contributed by atoms with E-state index in [0.717, 1.165) is 44.0 Å². The third kappa shape index (κ3) is 3.79. The van der Waals surface area contributed by atoms with Crippen LogP contribution in [0.5, 0.6) is 0 Å². The predicted octanol–water partition coefficient (Wildman–Crippen LogP) is 2.87. The minimum absolute atomic E-state index is 0.188. The lowest BCUT2D eigenvalue weighted by molar-refractivity contribution is -0.142. The molecule has 0 spiro atoms. The minimum atomic E-state index is -0.193. The van der Waals surface area contributed by atoms with Crippen molar-refractivity contribution >= 4 is 23.6 Å². The SMILES string of the molecule is O=C([C@H]1CSCN1C(=O)CCC1CCCCC1)N1CCCC1. The molecular weight excluding hydrogens is 296 g/mol. The van der Waals surface area contributed by atoms with E-state index in [0.29, 0.717) is 12.3 Å². The van der Waals surface area contributed by atoms with Crippen LogP contribution in [0.15, 0.2) is 0 Å². The number of hydrogen-bond donors (Lipinski definition) is 0. The van der Waals surface area contributed by atoms with Crippen LogP contribution in [0, 0.1) is 5.92 Å². The van der Waals surface area contributed by atoms with Crippen molar-refractivity contribution < 1.29 is 9.59 Å². The van der Waals surface area contributed by atoms with Gasteiger partial charge in [-0.05, 0) is 25.2 Å². The van der Waals surface area contributed by atoms with Crippen molar-refractivity contribution in [1.82, 2.24) is 9.80 Å². The van der Waals surface area contributed by atoms with Gasteiger partial charge < -0.3 is 9.80 Å². The molecule has 22 heavy (non-hydrogen) atoms. The Bertz CT molecular complexity index is 403. The second kappa shape index (κ2) is 7.71. The molecule has 3 aliphatic rings. The van der Waals surface area contributed by atoms with Gasteiger partial charge in [0.05, 0.1) is 5.88 Å². The second-order valence-corrected chi connectivity index (χ2v) is 7.95. The molecule has 4 nitrogen and oxygen atoms in total. The summed E-state index contributed by atoms with van der Waals surface area (Å²) >= 11 is 1.72. The predicted molar refractivity (Wildman–Crippen MR) is 89.6 cm³/mol. The van der Waals surface area contributed by atoms with Crippen LogP contribution in [0.1, 0.15) is 57.8 Å². The van der Waals surface area contributed by atoms with Gasteiger partial charge in [-0.1, -0.05) is 32.1 Å². The Morgan fingerprint density at radius 3 is 2.45 bits per heavy atom. The van der Waals surface area contributed by atoms with Gasteiger partial charge in [0.15, 0.2) is 0 Å².